The molecule has 1 aliphatic heterocycles. The maximum atomic E-state index is 13.1. The molecule has 34 heavy (non-hydrogen) atoms. The lowest BCUT2D eigenvalue weighted by molar-refractivity contribution is -0.120. The molecule has 0 atom stereocenters. The normalized spacial score (nSPS) is 13.3. The second kappa shape index (κ2) is 9.72. The van der Waals surface area contributed by atoms with Crippen molar-refractivity contribution in [3.05, 3.63) is 82.9 Å². The van der Waals surface area contributed by atoms with E-state index >= 15 is 0 Å². The summed E-state index contributed by atoms with van der Waals surface area (Å²) < 4.78 is 15.7. The molecule has 0 radical (unpaired) electrons. The van der Waals surface area contributed by atoms with Crippen LogP contribution in [0, 0.1) is 0 Å². The Balaban J connectivity index is 1.49. The number of nitrogens with zero attached hydrogens (tertiary/aromatic N) is 1. The molecule has 10 heteroatoms. The summed E-state index contributed by atoms with van der Waals surface area (Å²) in [5, 5.41) is 5.35. The van der Waals surface area contributed by atoms with Crippen LogP contribution in [-0.2, 0) is 16.1 Å². The lowest BCUT2D eigenvalue weighted by Crippen LogP contribution is -2.32. The van der Waals surface area contributed by atoms with Gasteiger partial charge >= 0.3 is 0 Å². The second-order valence-electron chi connectivity index (χ2n) is 7.14. The number of nitrogens with one attached hydrogen (secondary N) is 2. The zero-order valence-corrected chi connectivity index (χ0v) is 19.0. The number of rotatable bonds is 8. The number of halogens is 1. The van der Waals surface area contributed by atoms with Crippen LogP contribution >= 0.6 is 11.6 Å². The van der Waals surface area contributed by atoms with Crippen LogP contribution in [0.4, 0.5) is 11.4 Å². The highest BCUT2D eigenvalue weighted by molar-refractivity contribution is 6.53. The van der Waals surface area contributed by atoms with E-state index in [0.29, 0.717) is 28.5 Å². The molecule has 0 unspecified atom stereocenters. The van der Waals surface area contributed by atoms with Gasteiger partial charge in [-0.25, -0.2) is 4.90 Å². The number of imide groups is 1. The van der Waals surface area contributed by atoms with Gasteiger partial charge in [-0.3, -0.25) is 14.4 Å². The van der Waals surface area contributed by atoms with E-state index < -0.39 is 11.8 Å². The van der Waals surface area contributed by atoms with E-state index in [1.54, 1.807) is 48.5 Å². The third-order valence-corrected chi connectivity index (χ3v) is 5.42. The number of carbonyl (C=O) groups excluding carboxylic acids is 3. The van der Waals surface area contributed by atoms with Gasteiger partial charge in [0.1, 0.15) is 28.0 Å². The lowest BCUT2D eigenvalue weighted by Gasteiger charge is -2.19. The molecule has 0 saturated heterocycles. The van der Waals surface area contributed by atoms with Crippen molar-refractivity contribution in [3.8, 4) is 11.5 Å². The first-order valence-corrected chi connectivity index (χ1v) is 10.5. The largest absolute Gasteiger partial charge is 0.497 e. The van der Waals surface area contributed by atoms with Crippen LogP contribution in [-0.4, -0.2) is 31.9 Å². The van der Waals surface area contributed by atoms with E-state index in [1.807, 2.05) is 0 Å². The molecular weight excluding hydrogens is 462 g/mol. The monoisotopic (exact) mass is 481 g/mol. The van der Waals surface area contributed by atoms with Crippen molar-refractivity contribution in [1.29, 1.82) is 0 Å². The number of benzene rings is 2. The van der Waals surface area contributed by atoms with Crippen molar-refractivity contribution >= 4 is 40.7 Å². The quantitative estimate of drug-likeness (QED) is 0.472. The van der Waals surface area contributed by atoms with E-state index in [9.17, 15) is 14.4 Å². The Hall–Kier alpha value is -4.24. The van der Waals surface area contributed by atoms with Crippen molar-refractivity contribution in [2.75, 3.05) is 24.4 Å². The molecule has 0 bridgehead atoms. The van der Waals surface area contributed by atoms with Crippen LogP contribution in [0.5, 0.6) is 11.5 Å². The second-order valence-corrected chi connectivity index (χ2v) is 7.51. The Morgan fingerprint density at radius 3 is 2.44 bits per heavy atom. The van der Waals surface area contributed by atoms with E-state index in [4.69, 9.17) is 25.5 Å². The van der Waals surface area contributed by atoms with Crippen LogP contribution in [0.1, 0.15) is 16.1 Å². The third-order valence-electron chi connectivity index (χ3n) is 5.07. The molecule has 0 fully saturated rings. The zero-order valence-electron chi connectivity index (χ0n) is 18.3. The van der Waals surface area contributed by atoms with Crippen molar-refractivity contribution in [2.45, 2.75) is 6.54 Å². The third kappa shape index (κ3) is 4.46. The van der Waals surface area contributed by atoms with Gasteiger partial charge in [-0.2, -0.15) is 0 Å². The molecule has 1 aliphatic rings. The summed E-state index contributed by atoms with van der Waals surface area (Å²) in [7, 11) is 2.90. The van der Waals surface area contributed by atoms with Gasteiger partial charge in [0.15, 0.2) is 0 Å². The van der Waals surface area contributed by atoms with E-state index in [2.05, 4.69) is 10.6 Å². The molecule has 2 N–H and O–H groups in total. The topological polar surface area (TPSA) is 110 Å². The number of furan rings is 1. The van der Waals surface area contributed by atoms with Gasteiger partial charge in [-0.05, 0) is 48.5 Å². The van der Waals surface area contributed by atoms with Gasteiger partial charge in [0.2, 0.25) is 0 Å². The minimum atomic E-state index is -0.699. The average molecular weight is 482 g/mol. The summed E-state index contributed by atoms with van der Waals surface area (Å²) in [5.74, 6) is -0.261. The molecule has 4 rings (SSSR count). The van der Waals surface area contributed by atoms with Crippen LogP contribution in [0.25, 0.3) is 0 Å². The maximum Gasteiger partial charge on any atom is 0.283 e. The highest BCUT2D eigenvalue weighted by Gasteiger charge is 2.40. The highest BCUT2D eigenvalue weighted by Crippen LogP contribution is 2.37. The van der Waals surface area contributed by atoms with Crippen LogP contribution in [0.2, 0.25) is 0 Å². The first-order valence-electron chi connectivity index (χ1n) is 10.1. The summed E-state index contributed by atoms with van der Waals surface area (Å²) >= 11 is 6.22. The van der Waals surface area contributed by atoms with Crippen molar-refractivity contribution < 1.29 is 28.3 Å². The van der Waals surface area contributed by atoms with Gasteiger partial charge in [0.05, 0.1) is 32.7 Å². The number of methoxy groups -OCH3 is 2. The Kier molecular flexibility index (Phi) is 6.55. The van der Waals surface area contributed by atoms with E-state index in [-0.39, 0.29) is 28.9 Å². The number of ether oxygens (including phenoxy) is 2. The molecule has 0 spiro atoms. The SMILES string of the molecule is COc1ccc(OC)c(N2C(=O)C(Cl)=C(Nc3ccc(C(=O)NCc4ccco4)cc3)C2=O)c1. The van der Waals surface area contributed by atoms with Gasteiger partial charge in [0.25, 0.3) is 17.7 Å². The van der Waals surface area contributed by atoms with Crippen molar-refractivity contribution in [2.24, 2.45) is 0 Å². The summed E-state index contributed by atoms with van der Waals surface area (Å²) in [6.45, 7) is 0.258. The molecule has 2 heterocycles. The fourth-order valence-electron chi connectivity index (χ4n) is 3.33. The Bertz CT molecular complexity index is 1270. The molecule has 174 valence electrons. The Morgan fingerprint density at radius 2 is 1.79 bits per heavy atom. The van der Waals surface area contributed by atoms with Crippen LogP contribution < -0.4 is 25.0 Å². The summed E-state index contributed by atoms with van der Waals surface area (Å²) in [5.41, 5.74) is 0.993. The Labute approximate surface area is 199 Å². The fourth-order valence-corrected chi connectivity index (χ4v) is 3.55. The summed E-state index contributed by atoms with van der Waals surface area (Å²) in [6.07, 6.45) is 1.53. The standard InChI is InChI=1S/C24H20ClN3O6/c1-32-16-9-10-19(33-2)18(12-16)28-23(30)20(25)21(24(28)31)27-15-7-5-14(6-8-15)22(29)26-13-17-4-3-11-34-17/h3-12,27H,13H2,1-2H3,(H,26,29). The first-order chi connectivity index (χ1) is 16.4. The minimum Gasteiger partial charge on any atom is -0.497 e. The fraction of sp³-hybridized carbons (Fsp3) is 0.125. The minimum absolute atomic E-state index is 0.0911. The number of hydrogen-bond donors (Lipinski definition) is 2. The Morgan fingerprint density at radius 1 is 1.03 bits per heavy atom. The van der Waals surface area contributed by atoms with Crippen LogP contribution in [0.15, 0.2) is 76.0 Å². The molecule has 0 aliphatic carbocycles. The van der Waals surface area contributed by atoms with Gasteiger partial charge in [-0.1, -0.05) is 11.6 Å². The predicted octanol–water partition coefficient (Wildman–Crippen LogP) is 3.66. The smallest absolute Gasteiger partial charge is 0.283 e. The number of hydrogen-bond acceptors (Lipinski definition) is 7. The number of carbonyl (C=O) groups is 3. The molecular formula is C24H20ClN3O6. The molecule has 0 saturated carbocycles. The molecule has 2 aromatic carbocycles. The molecule has 3 amide bonds. The average Bonchev–Trinajstić information content (AvgIpc) is 3.45. The predicted molar refractivity (Wildman–Crippen MR) is 125 cm³/mol. The first kappa shape index (κ1) is 22.9. The zero-order chi connectivity index (χ0) is 24.2. The van der Waals surface area contributed by atoms with E-state index in [0.717, 1.165) is 4.90 Å². The number of amides is 3. The van der Waals surface area contributed by atoms with Gasteiger partial charge in [-0.15, -0.1) is 0 Å². The van der Waals surface area contributed by atoms with Crippen molar-refractivity contribution in [3.63, 3.8) is 0 Å². The van der Waals surface area contributed by atoms with Crippen molar-refractivity contribution in [1.82, 2.24) is 5.32 Å². The molecule has 9 nitrogen and oxygen atoms in total. The van der Waals surface area contributed by atoms with Gasteiger partial charge in [0, 0.05) is 17.3 Å². The maximum absolute atomic E-state index is 13.1. The lowest BCUT2D eigenvalue weighted by atomic mass is 10.2. The molecule has 1 aromatic heterocycles. The summed E-state index contributed by atoms with van der Waals surface area (Å²) in [6, 6.07) is 14.6. The van der Waals surface area contributed by atoms with Crippen LogP contribution in [0.3, 0.4) is 0 Å². The van der Waals surface area contributed by atoms with E-state index in [1.165, 1.54) is 26.5 Å². The summed E-state index contributed by atoms with van der Waals surface area (Å²) in [4.78, 5) is 39.2. The molecule has 3 aromatic rings. The van der Waals surface area contributed by atoms with Gasteiger partial charge < -0.3 is 24.5 Å². The number of anilines is 2. The highest BCUT2D eigenvalue weighted by atomic mass is 35.5.